The molecule has 0 aliphatic heterocycles. The fourth-order valence-electron chi connectivity index (χ4n) is 3.84. The minimum Gasteiger partial charge on any atom is -0.314 e. The van der Waals surface area contributed by atoms with Crippen molar-refractivity contribution < 1.29 is 9.59 Å². The molecule has 7 nitrogen and oxygen atoms in total. The number of benzene rings is 2. The summed E-state index contributed by atoms with van der Waals surface area (Å²) >= 11 is 0. The first-order valence-electron chi connectivity index (χ1n) is 11.4. The van der Waals surface area contributed by atoms with Gasteiger partial charge in [-0.3, -0.25) is 19.6 Å². The molecular weight excluding hydrogens is 450 g/mol. The Morgan fingerprint density at radius 1 is 0.972 bits per heavy atom. The van der Waals surface area contributed by atoms with Gasteiger partial charge in [0.1, 0.15) is 6.07 Å². The maximum Gasteiger partial charge on any atom is 0.260 e. The summed E-state index contributed by atoms with van der Waals surface area (Å²) in [6.07, 6.45) is 3.28. The summed E-state index contributed by atoms with van der Waals surface area (Å²) in [5.74, 6) is -0.343. The fraction of sp³-hybridized carbons (Fsp3) is 0.138. The Labute approximate surface area is 210 Å². The molecule has 7 heteroatoms. The number of aromatic nitrogens is 2. The predicted molar refractivity (Wildman–Crippen MR) is 139 cm³/mol. The summed E-state index contributed by atoms with van der Waals surface area (Å²) in [5.41, 5.74) is 5.28. The molecule has 0 aliphatic carbocycles. The summed E-state index contributed by atoms with van der Waals surface area (Å²) in [6, 6.07) is 24.2. The molecule has 2 aromatic carbocycles. The van der Waals surface area contributed by atoms with Gasteiger partial charge in [-0.25, -0.2) is 0 Å². The van der Waals surface area contributed by atoms with Crippen molar-refractivity contribution in [1.29, 1.82) is 5.26 Å². The minimum absolute atomic E-state index is 0.162. The van der Waals surface area contributed by atoms with Crippen LogP contribution in [0.5, 0.6) is 0 Å². The molecule has 0 unspecified atom stereocenters. The van der Waals surface area contributed by atoms with Crippen molar-refractivity contribution in [2.24, 2.45) is 0 Å². The average molecular weight is 476 g/mol. The van der Waals surface area contributed by atoms with Gasteiger partial charge >= 0.3 is 0 Å². The molecule has 0 fully saturated rings. The lowest BCUT2D eigenvalue weighted by Gasteiger charge is -2.23. The highest BCUT2D eigenvalue weighted by atomic mass is 16.2. The summed E-state index contributed by atoms with van der Waals surface area (Å²) in [5, 5.41) is 9.58. The second kappa shape index (κ2) is 10.6. The van der Waals surface area contributed by atoms with E-state index in [9.17, 15) is 14.9 Å². The fourth-order valence-corrected chi connectivity index (χ4v) is 3.84. The maximum atomic E-state index is 13.6. The molecular formula is C29H25N5O2. The summed E-state index contributed by atoms with van der Waals surface area (Å²) < 4.78 is 0. The van der Waals surface area contributed by atoms with Crippen LogP contribution in [0.1, 0.15) is 34.1 Å². The number of hydrogen-bond acceptors (Lipinski definition) is 5. The van der Waals surface area contributed by atoms with Gasteiger partial charge in [0.05, 0.1) is 29.1 Å². The SMILES string of the molecule is CC(=O)N(C)c1ccc(-c2ccc(C(=O)N(Cc3cccnc3C)c3ccccc3)cn2)cc1C#N. The zero-order valence-electron chi connectivity index (χ0n) is 20.3. The number of aryl methyl sites for hydroxylation is 1. The standard InChI is InChI=1S/C29H25N5O2/c1-20-24(8-7-15-31-20)19-34(26-9-5-4-6-10-26)29(36)23-11-13-27(32-18-23)22-12-14-28(25(16-22)17-30)33(3)21(2)35/h4-16,18H,19H2,1-3H3. The van der Waals surface area contributed by atoms with Gasteiger partial charge in [0.25, 0.3) is 5.91 Å². The minimum atomic E-state index is -0.181. The number of anilines is 2. The van der Waals surface area contributed by atoms with Gasteiger partial charge < -0.3 is 9.80 Å². The number of carbonyl (C=O) groups is 2. The van der Waals surface area contributed by atoms with Crippen molar-refractivity contribution >= 4 is 23.2 Å². The molecule has 4 rings (SSSR count). The number of nitrogens with zero attached hydrogens (tertiary/aromatic N) is 5. The highest BCUT2D eigenvalue weighted by Gasteiger charge is 2.20. The van der Waals surface area contributed by atoms with E-state index in [1.54, 1.807) is 54.7 Å². The van der Waals surface area contributed by atoms with Crippen LogP contribution in [0.4, 0.5) is 11.4 Å². The van der Waals surface area contributed by atoms with Crippen LogP contribution in [0.3, 0.4) is 0 Å². The van der Waals surface area contributed by atoms with Crippen LogP contribution in [0.15, 0.2) is 85.2 Å². The molecule has 178 valence electrons. The Morgan fingerprint density at radius 3 is 2.39 bits per heavy atom. The molecule has 2 aromatic heterocycles. The number of para-hydroxylation sites is 1. The number of amides is 2. The molecule has 36 heavy (non-hydrogen) atoms. The molecule has 0 saturated heterocycles. The molecule has 2 heterocycles. The van der Waals surface area contributed by atoms with Crippen LogP contribution < -0.4 is 9.80 Å². The number of rotatable bonds is 6. The largest absolute Gasteiger partial charge is 0.314 e. The van der Waals surface area contributed by atoms with Crippen LogP contribution in [-0.2, 0) is 11.3 Å². The van der Waals surface area contributed by atoms with Gasteiger partial charge in [-0.15, -0.1) is 0 Å². The average Bonchev–Trinajstić information content (AvgIpc) is 2.92. The lowest BCUT2D eigenvalue weighted by atomic mass is 10.0. The molecule has 0 atom stereocenters. The number of nitriles is 1. The van der Waals surface area contributed by atoms with Crippen molar-refractivity contribution in [2.45, 2.75) is 20.4 Å². The first-order valence-corrected chi connectivity index (χ1v) is 11.4. The van der Waals surface area contributed by atoms with E-state index < -0.39 is 0 Å². The van der Waals surface area contributed by atoms with Crippen LogP contribution in [-0.4, -0.2) is 28.8 Å². The van der Waals surface area contributed by atoms with Gasteiger partial charge in [-0.05, 0) is 55.0 Å². The molecule has 0 aliphatic rings. The van der Waals surface area contributed by atoms with Gasteiger partial charge in [-0.1, -0.05) is 30.3 Å². The van der Waals surface area contributed by atoms with Crippen LogP contribution >= 0.6 is 0 Å². The van der Waals surface area contributed by atoms with Crippen LogP contribution in [0.2, 0.25) is 0 Å². The Morgan fingerprint density at radius 2 is 1.75 bits per heavy atom. The zero-order valence-corrected chi connectivity index (χ0v) is 20.3. The monoisotopic (exact) mass is 475 g/mol. The molecule has 0 spiro atoms. The molecule has 0 N–H and O–H groups in total. The van der Waals surface area contributed by atoms with E-state index in [2.05, 4.69) is 16.0 Å². The van der Waals surface area contributed by atoms with Gasteiger partial charge in [-0.2, -0.15) is 5.26 Å². The van der Waals surface area contributed by atoms with Gasteiger partial charge in [0, 0.05) is 43.3 Å². The highest BCUT2D eigenvalue weighted by Crippen LogP contribution is 2.27. The second-order valence-corrected chi connectivity index (χ2v) is 8.33. The van der Waals surface area contributed by atoms with E-state index in [0.29, 0.717) is 29.1 Å². The molecule has 2 amide bonds. The van der Waals surface area contributed by atoms with E-state index in [1.165, 1.54) is 11.8 Å². The Kier molecular flexibility index (Phi) is 7.17. The summed E-state index contributed by atoms with van der Waals surface area (Å²) in [7, 11) is 1.63. The third kappa shape index (κ3) is 5.13. The first kappa shape index (κ1) is 24.3. The first-order chi connectivity index (χ1) is 17.4. The van der Waals surface area contributed by atoms with Crippen LogP contribution in [0.25, 0.3) is 11.3 Å². The van der Waals surface area contributed by atoms with Crippen molar-refractivity contribution in [1.82, 2.24) is 9.97 Å². The van der Waals surface area contributed by atoms with Crippen molar-refractivity contribution in [2.75, 3.05) is 16.8 Å². The third-order valence-corrected chi connectivity index (χ3v) is 6.01. The number of carbonyl (C=O) groups excluding carboxylic acids is 2. The third-order valence-electron chi connectivity index (χ3n) is 6.01. The van der Waals surface area contributed by atoms with E-state index in [0.717, 1.165) is 22.5 Å². The quantitative estimate of drug-likeness (QED) is 0.385. The lowest BCUT2D eigenvalue weighted by molar-refractivity contribution is -0.116. The van der Waals surface area contributed by atoms with E-state index in [1.807, 2.05) is 49.4 Å². The Bertz CT molecular complexity index is 1440. The van der Waals surface area contributed by atoms with E-state index >= 15 is 0 Å². The number of pyridine rings is 2. The molecule has 4 aromatic rings. The number of hydrogen-bond donors (Lipinski definition) is 0. The molecule has 0 radical (unpaired) electrons. The topological polar surface area (TPSA) is 90.2 Å². The predicted octanol–water partition coefficient (Wildman–Crippen LogP) is 5.15. The van der Waals surface area contributed by atoms with Crippen molar-refractivity contribution in [3.8, 4) is 17.3 Å². The summed E-state index contributed by atoms with van der Waals surface area (Å²) in [6.45, 7) is 3.75. The van der Waals surface area contributed by atoms with Gasteiger partial charge in [0.15, 0.2) is 0 Å². The molecule has 0 bridgehead atoms. The second-order valence-electron chi connectivity index (χ2n) is 8.33. The van der Waals surface area contributed by atoms with E-state index in [4.69, 9.17) is 0 Å². The smallest absolute Gasteiger partial charge is 0.260 e. The highest BCUT2D eigenvalue weighted by molar-refractivity contribution is 6.06. The molecule has 0 saturated carbocycles. The lowest BCUT2D eigenvalue weighted by Crippen LogP contribution is -2.30. The Hall–Kier alpha value is -4.83. The summed E-state index contributed by atoms with van der Waals surface area (Å²) in [4.78, 5) is 37.3. The Balaban J connectivity index is 1.64. The zero-order chi connectivity index (χ0) is 25.7. The van der Waals surface area contributed by atoms with Crippen molar-refractivity contribution in [3.05, 3.63) is 108 Å². The normalized spacial score (nSPS) is 10.4. The van der Waals surface area contributed by atoms with Gasteiger partial charge in [0.2, 0.25) is 5.91 Å². The van der Waals surface area contributed by atoms with E-state index in [-0.39, 0.29) is 11.8 Å². The van der Waals surface area contributed by atoms with Crippen LogP contribution in [0, 0.1) is 18.3 Å². The maximum absolute atomic E-state index is 13.6. The van der Waals surface area contributed by atoms with Crippen molar-refractivity contribution in [3.63, 3.8) is 0 Å².